The number of nitrogens with zero attached hydrogens (tertiary/aromatic N) is 2. The lowest BCUT2D eigenvalue weighted by molar-refractivity contribution is -0.118. The first kappa shape index (κ1) is 13.8. The molecule has 2 aliphatic rings. The van der Waals surface area contributed by atoms with E-state index in [4.69, 9.17) is 5.73 Å². The number of carbonyl (C=O) groups is 1. The van der Waals surface area contributed by atoms with Gasteiger partial charge in [0.1, 0.15) is 6.04 Å². The van der Waals surface area contributed by atoms with E-state index in [2.05, 4.69) is 30.9 Å². The second-order valence-electron chi connectivity index (χ2n) is 5.78. The van der Waals surface area contributed by atoms with Gasteiger partial charge in [-0.2, -0.15) is 11.8 Å². The van der Waals surface area contributed by atoms with Crippen molar-refractivity contribution in [2.45, 2.75) is 30.4 Å². The Morgan fingerprint density at radius 3 is 2.55 bits per heavy atom. The van der Waals surface area contributed by atoms with Crippen LogP contribution in [0.1, 0.15) is 25.5 Å². The molecular formula is C15H21N3OS. The van der Waals surface area contributed by atoms with Crippen molar-refractivity contribution in [1.82, 2.24) is 0 Å². The molecule has 1 amide bonds. The summed E-state index contributed by atoms with van der Waals surface area (Å²) in [6.45, 7) is 6.65. The van der Waals surface area contributed by atoms with Gasteiger partial charge in [0.2, 0.25) is 5.91 Å². The third-order valence-corrected chi connectivity index (χ3v) is 5.32. The van der Waals surface area contributed by atoms with Crippen LogP contribution in [-0.4, -0.2) is 36.5 Å². The standard InChI is InChI=1S/C15H21N3OS/c1-9-7-18(8-10(2)20-9)11-4-5-12-13(6-11)17(3)15(19)14(12)16/h4-6,9-10,14H,7-8,16H2,1-3H3. The van der Waals surface area contributed by atoms with Gasteiger partial charge in [-0.3, -0.25) is 4.79 Å². The van der Waals surface area contributed by atoms with Gasteiger partial charge in [-0.1, -0.05) is 19.9 Å². The SMILES string of the molecule is CC1CN(c2ccc3c(c2)N(C)C(=O)C3N)CC(C)S1. The summed E-state index contributed by atoms with van der Waals surface area (Å²) in [5, 5.41) is 1.27. The second kappa shape index (κ2) is 4.97. The van der Waals surface area contributed by atoms with Crippen molar-refractivity contribution in [3.63, 3.8) is 0 Å². The first-order valence-electron chi connectivity index (χ1n) is 7.05. The number of amides is 1. The molecule has 0 aliphatic carbocycles. The third-order valence-electron chi connectivity index (χ3n) is 4.09. The average molecular weight is 291 g/mol. The van der Waals surface area contributed by atoms with E-state index < -0.39 is 6.04 Å². The number of carbonyl (C=O) groups excluding carboxylic acids is 1. The Morgan fingerprint density at radius 2 is 1.90 bits per heavy atom. The van der Waals surface area contributed by atoms with E-state index in [0.29, 0.717) is 10.5 Å². The lowest BCUT2D eigenvalue weighted by Crippen LogP contribution is -2.40. The maximum absolute atomic E-state index is 11.9. The van der Waals surface area contributed by atoms with Gasteiger partial charge in [0.15, 0.2) is 0 Å². The van der Waals surface area contributed by atoms with Crippen LogP contribution in [0.4, 0.5) is 11.4 Å². The van der Waals surface area contributed by atoms with Crippen LogP contribution in [0.15, 0.2) is 18.2 Å². The fourth-order valence-electron chi connectivity index (χ4n) is 3.13. The number of thioether (sulfide) groups is 1. The summed E-state index contributed by atoms with van der Waals surface area (Å²) < 4.78 is 0. The van der Waals surface area contributed by atoms with Crippen LogP contribution >= 0.6 is 11.8 Å². The van der Waals surface area contributed by atoms with Crippen LogP contribution < -0.4 is 15.5 Å². The number of nitrogens with two attached hydrogens (primary N) is 1. The molecule has 2 aliphatic heterocycles. The molecule has 0 bridgehead atoms. The Bertz CT molecular complexity index is 538. The van der Waals surface area contributed by atoms with Gasteiger partial charge in [0.25, 0.3) is 0 Å². The zero-order valence-corrected chi connectivity index (χ0v) is 13.0. The van der Waals surface area contributed by atoms with Crippen molar-refractivity contribution in [2.24, 2.45) is 5.73 Å². The summed E-state index contributed by atoms with van der Waals surface area (Å²) in [6.07, 6.45) is 0. The van der Waals surface area contributed by atoms with Crippen molar-refractivity contribution in [2.75, 3.05) is 29.9 Å². The fraction of sp³-hybridized carbons (Fsp3) is 0.533. The third kappa shape index (κ3) is 2.19. The van der Waals surface area contributed by atoms with Crippen LogP contribution in [0.5, 0.6) is 0 Å². The summed E-state index contributed by atoms with van der Waals surface area (Å²) in [5.74, 6) is -0.0203. The highest BCUT2D eigenvalue weighted by atomic mass is 32.2. The molecule has 3 atom stereocenters. The number of benzene rings is 1. The molecule has 5 heteroatoms. The van der Waals surface area contributed by atoms with Crippen LogP contribution in [0.3, 0.4) is 0 Å². The summed E-state index contributed by atoms with van der Waals surface area (Å²) >= 11 is 2.04. The Kier molecular flexibility index (Phi) is 3.42. The largest absolute Gasteiger partial charge is 0.369 e. The zero-order chi connectivity index (χ0) is 14.4. The molecule has 1 aromatic carbocycles. The Labute approximate surface area is 124 Å². The van der Waals surface area contributed by atoms with Gasteiger partial charge in [0, 0.05) is 41.9 Å². The van der Waals surface area contributed by atoms with Crippen molar-refractivity contribution < 1.29 is 4.79 Å². The molecule has 2 N–H and O–H groups in total. The molecule has 3 unspecified atom stereocenters. The van der Waals surface area contributed by atoms with Crippen LogP contribution in [0, 0.1) is 0 Å². The minimum absolute atomic E-state index is 0.0203. The molecule has 4 nitrogen and oxygen atoms in total. The number of hydrogen-bond donors (Lipinski definition) is 1. The van der Waals surface area contributed by atoms with Gasteiger partial charge >= 0.3 is 0 Å². The minimum atomic E-state index is -0.501. The van der Waals surface area contributed by atoms with Crippen molar-refractivity contribution >= 4 is 29.0 Å². The molecule has 108 valence electrons. The molecule has 1 fully saturated rings. The van der Waals surface area contributed by atoms with Crippen molar-refractivity contribution in [3.05, 3.63) is 23.8 Å². The predicted octanol–water partition coefficient (Wildman–Crippen LogP) is 1.99. The molecule has 20 heavy (non-hydrogen) atoms. The lowest BCUT2D eigenvalue weighted by Gasteiger charge is -2.36. The summed E-state index contributed by atoms with van der Waals surface area (Å²) in [5.41, 5.74) is 9.03. The molecule has 1 saturated heterocycles. The van der Waals surface area contributed by atoms with E-state index >= 15 is 0 Å². The highest BCUT2D eigenvalue weighted by Gasteiger charge is 2.33. The number of fused-ring (bicyclic) bond motifs is 1. The zero-order valence-electron chi connectivity index (χ0n) is 12.2. The van der Waals surface area contributed by atoms with Gasteiger partial charge in [-0.05, 0) is 12.1 Å². The van der Waals surface area contributed by atoms with Gasteiger partial charge < -0.3 is 15.5 Å². The predicted molar refractivity (Wildman–Crippen MR) is 85.5 cm³/mol. The number of rotatable bonds is 1. The van der Waals surface area contributed by atoms with E-state index in [1.54, 1.807) is 11.9 Å². The molecule has 0 saturated carbocycles. The van der Waals surface area contributed by atoms with E-state index in [-0.39, 0.29) is 5.91 Å². The lowest BCUT2D eigenvalue weighted by atomic mass is 10.1. The summed E-state index contributed by atoms with van der Waals surface area (Å²) in [6, 6.07) is 5.71. The monoisotopic (exact) mass is 291 g/mol. The number of hydrogen-bond acceptors (Lipinski definition) is 4. The van der Waals surface area contributed by atoms with Crippen molar-refractivity contribution in [1.29, 1.82) is 0 Å². The van der Waals surface area contributed by atoms with Crippen LogP contribution in [0.2, 0.25) is 0 Å². The van der Waals surface area contributed by atoms with Gasteiger partial charge in [-0.15, -0.1) is 0 Å². The fourth-order valence-corrected chi connectivity index (χ4v) is 4.46. The topological polar surface area (TPSA) is 49.6 Å². The Morgan fingerprint density at radius 1 is 1.25 bits per heavy atom. The van der Waals surface area contributed by atoms with E-state index in [9.17, 15) is 4.79 Å². The molecular weight excluding hydrogens is 270 g/mol. The summed E-state index contributed by atoms with van der Waals surface area (Å²) in [4.78, 5) is 16.0. The van der Waals surface area contributed by atoms with Crippen LogP contribution in [0.25, 0.3) is 0 Å². The summed E-state index contributed by atoms with van der Waals surface area (Å²) in [7, 11) is 1.80. The van der Waals surface area contributed by atoms with Gasteiger partial charge in [0.05, 0.1) is 5.69 Å². The van der Waals surface area contributed by atoms with E-state index in [0.717, 1.165) is 24.3 Å². The number of anilines is 2. The first-order chi connectivity index (χ1) is 9.47. The molecule has 0 spiro atoms. The quantitative estimate of drug-likeness (QED) is 0.860. The van der Waals surface area contributed by atoms with Gasteiger partial charge in [-0.25, -0.2) is 0 Å². The highest BCUT2D eigenvalue weighted by molar-refractivity contribution is 8.00. The highest BCUT2D eigenvalue weighted by Crippen LogP contribution is 2.37. The first-order valence-corrected chi connectivity index (χ1v) is 7.99. The molecule has 1 aromatic rings. The van der Waals surface area contributed by atoms with E-state index in [1.807, 2.05) is 17.8 Å². The smallest absolute Gasteiger partial charge is 0.248 e. The normalized spacial score (nSPS) is 29.8. The second-order valence-corrected chi connectivity index (χ2v) is 7.66. The molecule has 0 aromatic heterocycles. The van der Waals surface area contributed by atoms with E-state index in [1.165, 1.54) is 5.69 Å². The van der Waals surface area contributed by atoms with Crippen molar-refractivity contribution in [3.8, 4) is 0 Å². The van der Waals surface area contributed by atoms with Crippen LogP contribution in [-0.2, 0) is 4.79 Å². The average Bonchev–Trinajstić information content (AvgIpc) is 2.62. The minimum Gasteiger partial charge on any atom is -0.369 e. The maximum Gasteiger partial charge on any atom is 0.248 e. The molecule has 0 radical (unpaired) electrons. The Hall–Kier alpha value is -1.20. The molecule has 2 heterocycles. The maximum atomic E-state index is 11.9. The number of likely N-dealkylation sites (N-methyl/N-ethyl adjacent to an activating group) is 1. The molecule has 3 rings (SSSR count). The Balaban J connectivity index is 1.92.